The molecule has 1 saturated heterocycles. The summed E-state index contributed by atoms with van der Waals surface area (Å²) in [6.07, 6.45) is 2.96. The number of aryl methyl sites for hydroxylation is 1. The zero-order valence-electron chi connectivity index (χ0n) is 12.4. The van der Waals surface area contributed by atoms with Gasteiger partial charge in [0.25, 0.3) is 0 Å². The maximum Gasteiger partial charge on any atom is 0.238 e. The van der Waals surface area contributed by atoms with E-state index in [0.29, 0.717) is 18.2 Å². The molecule has 2 rings (SSSR count). The number of anilines is 1. The highest BCUT2D eigenvalue weighted by molar-refractivity contribution is 5.92. The molecule has 1 unspecified atom stereocenters. The van der Waals surface area contributed by atoms with Crippen LogP contribution in [0.1, 0.15) is 24.8 Å². The molecule has 2 N–H and O–H groups in total. The number of aliphatic hydroxyl groups excluding tert-OH is 1. The van der Waals surface area contributed by atoms with Gasteiger partial charge in [0.1, 0.15) is 5.82 Å². The fourth-order valence-electron chi connectivity index (χ4n) is 2.83. The summed E-state index contributed by atoms with van der Waals surface area (Å²) in [5, 5.41) is 11.8. The topological polar surface area (TPSA) is 52.6 Å². The van der Waals surface area contributed by atoms with Crippen LogP contribution in [0.5, 0.6) is 0 Å². The molecule has 1 heterocycles. The molecule has 1 fully saturated rings. The number of aliphatic hydroxyl groups is 1. The van der Waals surface area contributed by atoms with Gasteiger partial charge in [0.05, 0.1) is 6.54 Å². The number of rotatable bonds is 5. The minimum absolute atomic E-state index is 0.117. The van der Waals surface area contributed by atoms with Gasteiger partial charge in [0.2, 0.25) is 5.91 Å². The summed E-state index contributed by atoms with van der Waals surface area (Å²) in [7, 11) is 0. The molecule has 21 heavy (non-hydrogen) atoms. The van der Waals surface area contributed by atoms with Gasteiger partial charge in [0, 0.05) is 18.8 Å². The van der Waals surface area contributed by atoms with Crippen molar-refractivity contribution in [1.82, 2.24) is 4.90 Å². The molecular weight excluding hydrogens is 271 g/mol. The number of hydrogen-bond acceptors (Lipinski definition) is 3. The monoisotopic (exact) mass is 294 g/mol. The van der Waals surface area contributed by atoms with Crippen molar-refractivity contribution in [3.63, 3.8) is 0 Å². The highest BCUT2D eigenvalue weighted by Crippen LogP contribution is 2.20. The number of likely N-dealkylation sites (tertiary alicyclic amines) is 1. The lowest BCUT2D eigenvalue weighted by atomic mass is 9.95. The standard InChI is InChI=1S/C16H23FN2O2/c1-12-4-5-14(17)9-15(12)18-16(21)11-19-7-2-3-13(10-19)6-8-20/h4-5,9,13,20H,2-3,6-8,10-11H2,1H3,(H,18,21). The molecule has 0 aromatic heterocycles. The SMILES string of the molecule is Cc1ccc(F)cc1NC(=O)CN1CCCC(CCO)C1. The largest absolute Gasteiger partial charge is 0.396 e. The van der Waals surface area contributed by atoms with Gasteiger partial charge in [-0.1, -0.05) is 6.07 Å². The van der Waals surface area contributed by atoms with E-state index < -0.39 is 0 Å². The Kier molecular flexibility index (Phi) is 5.70. The molecule has 1 amide bonds. The van der Waals surface area contributed by atoms with E-state index in [4.69, 9.17) is 5.11 Å². The third-order valence-corrected chi connectivity index (χ3v) is 3.98. The first-order valence-electron chi connectivity index (χ1n) is 7.47. The van der Waals surface area contributed by atoms with Crippen LogP contribution < -0.4 is 5.32 Å². The summed E-state index contributed by atoms with van der Waals surface area (Å²) in [6.45, 7) is 4.10. The van der Waals surface area contributed by atoms with Crippen LogP contribution in [0.25, 0.3) is 0 Å². The first-order chi connectivity index (χ1) is 10.1. The Morgan fingerprint density at radius 2 is 2.33 bits per heavy atom. The minimum atomic E-state index is -0.350. The molecule has 0 saturated carbocycles. The second kappa shape index (κ2) is 7.52. The normalized spacial score (nSPS) is 19.5. The lowest BCUT2D eigenvalue weighted by molar-refractivity contribution is -0.117. The summed E-state index contributed by atoms with van der Waals surface area (Å²) >= 11 is 0. The predicted molar refractivity (Wildman–Crippen MR) is 80.6 cm³/mol. The Labute approximate surface area is 125 Å². The van der Waals surface area contributed by atoms with E-state index in [1.807, 2.05) is 6.92 Å². The molecule has 1 atom stereocenters. The molecule has 1 aliphatic rings. The number of nitrogens with zero attached hydrogens (tertiary/aromatic N) is 1. The van der Waals surface area contributed by atoms with Gasteiger partial charge >= 0.3 is 0 Å². The molecule has 0 bridgehead atoms. The maximum absolute atomic E-state index is 13.2. The number of halogens is 1. The zero-order valence-corrected chi connectivity index (χ0v) is 12.4. The van der Waals surface area contributed by atoms with Crippen molar-refractivity contribution in [2.75, 3.05) is 31.6 Å². The number of hydrogen-bond donors (Lipinski definition) is 2. The maximum atomic E-state index is 13.2. The fraction of sp³-hybridized carbons (Fsp3) is 0.562. The zero-order chi connectivity index (χ0) is 15.2. The number of piperidine rings is 1. The van der Waals surface area contributed by atoms with Crippen LogP contribution in [-0.2, 0) is 4.79 Å². The van der Waals surface area contributed by atoms with Crippen molar-refractivity contribution >= 4 is 11.6 Å². The average Bonchev–Trinajstić information content (AvgIpc) is 2.43. The highest BCUT2D eigenvalue weighted by Gasteiger charge is 2.21. The van der Waals surface area contributed by atoms with E-state index in [0.717, 1.165) is 37.9 Å². The Morgan fingerprint density at radius 1 is 1.52 bits per heavy atom. The molecule has 1 aromatic rings. The summed E-state index contributed by atoms with van der Waals surface area (Å²) in [5.74, 6) is -0.00214. The molecule has 0 aliphatic carbocycles. The lowest BCUT2D eigenvalue weighted by Gasteiger charge is -2.31. The van der Waals surface area contributed by atoms with Crippen LogP contribution >= 0.6 is 0 Å². The van der Waals surface area contributed by atoms with E-state index in [2.05, 4.69) is 10.2 Å². The molecule has 5 heteroatoms. The summed E-state index contributed by atoms with van der Waals surface area (Å²) in [6, 6.07) is 4.39. The summed E-state index contributed by atoms with van der Waals surface area (Å²) in [5.41, 5.74) is 1.38. The first kappa shape index (κ1) is 15.9. The molecule has 4 nitrogen and oxygen atoms in total. The van der Waals surface area contributed by atoms with Crippen molar-refractivity contribution in [3.8, 4) is 0 Å². The van der Waals surface area contributed by atoms with Crippen LogP contribution in [0.4, 0.5) is 10.1 Å². The van der Waals surface area contributed by atoms with Crippen molar-refractivity contribution in [3.05, 3.63) is 29.6 Å². The minimum Gasteiger partial charge on any atom is -0.396 e. The Balaban J connectivity index is 1.88. The predicted octanol–water partition coefficient (Wildman–Crippen LogP) is 2.17. The quantitative estimate of drug-likeness (QED) is 0.875. The van der Waals surface area contributed by atoms with Gasteiger partial charge in [-0.25, -0.2) is 4.39 Å². The average molecular weight is 294 g/mol. The van der Waals surface area contributed by atoms with Gasteiger partial charge in [0.15, 0.2) is 0 Å². The van der Waals surface area contributed by atoms with Crippen molar-refractivity contribution in [2.24, 2.45) is 5.92 Å². The number of carbonyl (C=O) groups excluding carboxylic acids is 1. The van der Waals surface area contributed by atoms with Crippen LogP contribution in [0.2, 0.25) is 0 Å². The van der Waals surface area contributed by atoms with E-state index in [1.165, 1.54) is 12.1 Å². The summed E-state index contributed by atoms with van der Waals surface area (Å²) in [4.78, 5) is 14.2. The van der Waals surface area contributed by atoms with Crippen molar-refractivity contribution < 1.29 is 14.3 Å². The molecule has 0 radical (unpaired) electrons. The molecular formula is C16H23FN2O2. The molecule has 0 spiro atoms. The first-order valence-corrected chi connectivity index (χ1v) is 7.47. The number of benzene rings is 1. The third-order valence-electron chi connectivity index (χ3n) is 3.98. The van der Waals surface area contributed by atoms with Crippen LogP contribution in [0.15, 0.2) is 18.2 Å². The van der Waals surface area contributed by atoms with Gasteiger partial charge < -0.3 is 10.4 Å². The van der Waals surface area contributed by atoms with Crippen LogP contribution in [0.3, 0.4) is 0 Å². The van der Waals surface area contributed by atoms with Gasteiger partial charge in [-0.05, 0) is 56.3 Å². The van der Waals surface area contributed by atoms with Crippen LogP contribution in [-0.4, -0.2) is 42.2 Å². The highest BCUT2D eigenvalue weighted by atomic mass is 19.1. The second-order valence-electron chi connectivity index (χ2n) is 5.76. The van der Waals surface area contributed by atoms with Crippen LogP contribution in [0, 0.1) is 18.7 Å². The van der Waals surface area contributed by atoms with Crippen molar-refractivity contribution in [2.45, 2.75) is 26.2 Å². The summed E-state index contributed by atoms with van der Waals surface area (Å²) < 4.78 is 13.2. The second-order valence-corrected chi connectivity index (χ2v) is 5.76. The Bertz CT molecular complexity index is 491. The number of amides is 1. The third kappa shape index (κ3) is 4.79. The number of carbonyl (C=O) groups is 1. The smallest absolute Gasteiger partial charge is 0.238 e. The van der Waals surface area contributed by atoms with E-state index in [-0.39, 0.29) is 18.3 Å². The molecule has 1 aliphatic heterocycles. The molecule has 1 aromatic carbocycles. The van der Waals surface area contributed by atoms with E-state index >= 15 is 0 Å². The fourth-order valence-corrected chi connectivity index (χ4v) is 2.83. The van der Waals surface area contributed by atoms with E-state index in [9.17, 15) is 9.18 Å². The van der Waals surface area contributed by atoms with Gasteiger partial charge in [-0.3, -0.25) is 9.69 Å². The lowest BCUT2D eigenvalue weighted by Crippen LogP contribution is -2.40. The van der Waals surface area contributed by atoms with Crippen molar-refractivity contribution in [1.29, 1.82) is 0 Å². The Hall–Kier alpha value is -1.46. The Morgan fingerprint density at radius 3 is 3.10 bits per heavy atom. The molecule has 116 valence electrons. The van der Waals surface area contributed by atoms with E-state index in [1.54, 1.807) is 6.07 Å². The van der Waals surface area contributed by atoms with Gasteiger partial charge in [-0.15, -0.1) is 0 Å². The van der Waals surface area contributed by atoms with Gasteiger partial charge in [-0.2, -0.15) is 0 Å². The number of nitrogens with one attached hydrogen (secondary N) is 1.